The van der Waals surface area contributed by atoms with Crippen molar-refractivity contribution in [3.8, 4) is 0 Å². The molecule has 0 radical (unpaired) electrons. The predicted octanol–water partition coefficient (Wildman–Crippen LogP) is 0.519. The maximum absolute atomic E-state index is 9.70. The van der Waals surface area contributed by atoms with Gasteiger partial charge in [-0.3, -0.25) is 0 Å². The second-order valence-corrected chi connectivity index (χ2v) is 2.63. The van der Waals surface area contributed by atoms with Crippen molar-refractivity contribution >= 4 is 0 Å². The lowest BCUT2D eigenvalue weighted by atomic mass is 10.0. The average Bonchev–Trinajstić information content (AvgIpc) is 2.25. The number of methoxy groups -OCH3 is 1. The van der Waals surface area contributed by atoms with E-state index < -0.39 is 24.4 Å². The minimum absolute atomic E-state index is 0.0236. The number of aliphatic hydroxyl groups is 1. The van der Waals surface area contributed by atoms with Gasteiger partial charge in [0, 0.05) is 16.2 Å². The van der Waals surface area contributed by atoms with Crippen LogP contribution in [-0.4, -0.2) is 30.2 Å². The molecule has 0 aromatic heterocycles. The van der Waals surface area contributed by atoms with Crippen molar-refractivity contribution in [2.75, 3.05) is 7.11 Å². The third-order valence-electron chi connectivity index (χ3n) is 1.51. The Labute approximate surface area is 63.8 Å². The van der Waals surface area contributed by atoms with Crippen LogP contribution in [0.2, 0.25) is 0 Å². The van der Waals surface area contributed by atoms with Crippen LogP contribution < -0.4 is 0 Å². The lowest BCUT2D eigenvalue weighted by molar-refractivity contribution is -0.178. The molecule has 0 spiro atoms. The SMILES string of the molecule is [2H]C[C@H]1OC(OC)[C@](C)(O)[C@H]1[2H]. The van der Waals surface area contributed by atoms with Crippen molar-refractivity contribution < 1.29 is 17.3 Å². The summed E-state index contributed by atoms with van der Waals surface area (Å²) in [6.45, 7) is 1.47. The highest BCUT2D eigenvalue weighted by Gasteiger charge is 2.42. The number of ether oxygens (including phenoxy) is 2. The summed E-state index contributed by atoms with van der Waals surface area (Å²) in [6, 6.07) is 0. The van der Waals surface area contributed by atoms with Gasteiger partial charge in [-0.1, -0.05) is 0 Å². The van der Waals surface area contributed by atoms with E-state index in [0.717, 1.165) is 0 Å². The van der Waals surface area contributed by atoms with Gasteiger partial charge in [0.05, 0.1) is 6.10 Å². The van der Waals surface area contributed by atoms with Crippen LogP contribution in [0.5, 0.6) is 0 Å². The molecule has 60 valence electrons. The first kappa shape index (κ1) is 5.52. The van der Waals surface area contributed by atoms with Gasteiger partial charge in [-0.05, 0) is 13.8 Å². The summed E-state index contributed by atoms with van der Waals surface area (Å²) in [5, 5.41) is 9.70. The Kier molecular flexibility index (Phi) is 1.37. The predicted molar refractivity (Wildman–Crippen MR) is 36.6 cm³/mol. The molecule has 4 atom stereocenters. The molecule has 1 aliphatic rings. The summed E-state index contributed by atoms with van der Waals surface area (Å²) in [5.74, 6) is 0. The zero-order valence-corrected chi connectivity index (χ0v) is 6.20. The molecule has 0 saturated carbocycles. The highest BCUT2D eigenvalue weighted by molar-refractivity contribution is 4.85. The summed E-state index contributed by atoms with van der Waals surface area (Å²) in [6.07, 6.45) is -2.14. The molecule has 0 amide bonds. The zero-order chi connectivity index (χ0) is 9.35. The molecular formula is C7H14O3. The van der Waals surface area contributed by atoms with Crippen molar-refractivity contribution in [1.82, 2.24) is 0 Å². The molecule has 0 aromatic carbocycles. The standard InChI is InChI=1S/C7H14O3/c1-5-4-7(2,8)6(9-3)10-5/h5-6,8H,4H2,1-3H3/t5-,6?,7-/m1/s1/i1D,4D/t4-,5+,6?,7+/m0. The molecular weight excluding hydrogens is 132 g/mol. The molecule has 3 nitrogen and oxygen atoms in total. The minimum atomic E-state index is -1.31. The molecule has 0 aliphatic carbocycles. The third-order valence-corrected chi connectivity index (χ3v) is 1.51. The van der Waals surface area contributed by atoms with Gasteiger partial charge in [0.15, 0.2) is 6.29 Å². The van der Waals surface area contributed by atoms with Crippen molar-refractivity contribution in [3.05, 3.63) is 0 Å². The molecule has 0 bridgehead atoms. The van der Waals surface area contributed by atoms with Gasteiger partial charge in [-0.25, -0.2) is 0 Å². The number of hydrogen-bond acceptors (Lipinski definition) is 3. The highest BCUT2D eigenvalue weighted by atomic mass is 16.7. The van der Waals surface area contributed by atoms with E-state index in [1.165, 1.54) is 14.0 Å². The first-order valence-electron chi connectivity index (χ1n) is 4.44. The van der Waals surface area contributed by atoms with Gasteiger partial charge < -0.3 is 14.6 Å². The topological polar surface area (TPSA) is 38.7 Å². The van der Waals surface area contributed by atoms with Crippen molar-refractivity contribution in [2.24, 2.45) is 0 Å². The summed E-state index contributed by atoms with van der Waals surface area (Å²) in [5.41, 5.74) is -1.31. The Hall–Kier alpha value is -0.120. The van der Waals surface area contributed by atoms with Crippen LogP contribution in [0.25, 0.3) is 0 Å². The normalized spacial score (nSPS) is 58.1. The van der Waals surface area contributed by atoms with E-state index in [0.29, 0.717) is 0 Å². The molecule has 1 N–H and O–H groups in total. The Bertz CT molecular complexity index is 159. The van der Waals surface area contributed by atoms with E-state index in [4.69, 9.17) is 12.2 Å². The quantitative estimate of drug-likeness (QED) is 0.589. The molecule has 1 rings (SSSR count). The Morgan fingerprint density at radius 2 is 2.70 bits per heavy atom. The number of rotatable bonds is 1. The number of hydrogen-bond donors (Lipinski definition) is 1. The first-order chi connectivity index (χ1) is 5.54. The van der Waals surface area contributed by atoms with Crippen LogP contribution in [0.1, 0.15) is 23.0 Å². The molecule has 3 heteroatoms. The Balaban J connectivity index is 2.73. The molecule has 10 heavy (non-hydrogen) atoms. The van der Waals surface area contributed by atoms with Gasteiger partial charge in [-0.2, -0.15) is 0 Å². The van der Waals surface area contributed by atoms with E-state index in [9.17, 15) is 5.11 Å². The van der Waals surface area contributed by atoms with Crippen LogP contribution in [0, 0.1) is 0 Å². The van der Waals surface area contributed by atoms with Gasteiger partial charge >= 0.3 is 0 Å². The van der Waals surface area contributed by atoms with Crippen molar-refractivity contribution in [3.63, 3.8) is 0 Å². The monoisotopic (exact) mass is 148 g/mol. The van der Waals surface area contributed by atoms with Crippen molar-refractivity contribution in [2.45, 2.75) is 38.2 Å². The Morgan fingerprint density at radius 1 is 2.00 bits per heavy atom. The van der Waals surface area contributed by atoms with Crippen LogP contribution in [0.15, 0.2) is 0 Å². The molecule has 1 heterocycles. The van der Waals surface area contributed by atoms with E-state index in [-0.39, 0.29) is 6.90 Å². The lowest BCUT2D eigenvalue weighted by Crippen LogP contribution is -2.35. The fraction of sp³-hybridized carbons (Fsp3) is 1.00. The average molecular weight is 148 g/mol. The summed E-state index contributed by atoms with van der Waals surface area (Å²) in [7, 11) is 1.41. The molecule has 1 fully saturated rings. The zero-order valence-electron chi connectivity index (χ0n) is 8.20. The van der Waals surface area contributed by atoms with Gasteiger partial charge in [0.2, 0.25) is 0 Å². The maximum atomic E-state index is 9.70. The van der Waals surface area contributed by atoms with Crippen molar-refractivity contribution in [1.29, 1.82) is 0 Å². The van der Waals surface area contributed by atoms with Gasteiger partial charge in [0.25, 0.3) is 0 Å². The third kappa shape index (κ3) is 1.31. The summed E-state index contributed by atoms with van der Waals surface area (Å²) in [4.78, 5) is 0. The van der Waals surface area contributed by atoms with Crippen LogP contribution in [0.4, 0.5) is 0 Å². The highest BCUT2D eigenvalue weighted by Crippen LogP contribution is 2.29. The second-order valence-electron chi connectivity index (χ2n) is 2.63. The van der Waals surface area contributed by atoms with Crippen LogP contribution in [0.3, 0.4) is 0 Å². The van der Waals surface area contributed by atoms with Crippen LogP contribution >= 0.6 is 0 Å². The van der Waals surface area contributed by atoms with Crippen LogP contribution in [-0.2, 0) is 9.47 Å². The molecule has 1 aliphatic heterocycles. The smallest absolute Gasteiger partial charge is 0.186 e. The first-order valence-corrected chi connectivity index (χ1v) is 3.16. The van der Waals surface area contributed by atoms with Gasteiger partial charge in [-0.15, -0.1) is 0 Å². The molecule has 0 aromatic rings. The summed E-state index contributed by atoms with van der Waals surface area (Å²) < 4.78 is 24.6. The fourth-order valence-corrected chi connectivity index (χ4v) is 1.08. The molecule has 1 saturated heterocycles. The second kappa shape index (κ2) is 2.49. The van der Waals surface area contributed by atoms with E-state index in [1.807, 2.05) is 0 Å². The summed E-state index contributed by atoms with van der Waals surface area (Å²) >= 11 is 0. The Morgan fingerprint density at radius 3 is 3.00 bits per heavy atom. The van der Waals surface area contributed by atoms with Gasteiger partial charge in [0.1, 0.15) is 5.60 Å². The fourth-order valence-electron chi connectivity index (χ4n) is 1.08. The largest absolute Gasteiger partial charge is 0.385 e. The van der Waals surface area contributed by atoms with E-state index in [2.05, 4.69) is 0 Å². The lowest BCUT2D eigenvalue weighted by Gasteiger charge is -2.21. The maximum Gasteiger partial charge on any atom is 0.186 e. The minimum Gasteiger partial charge on any atom is -0.385 e. The van der Waals surface area contributed by atoms with E-state index >= 15 is 0 Å². The molecule has 1 unspecified atom stereocenters. The van der Waals surface area contributed by atoms with E-state index in [1.54, 1.807) is 0 Å².